The second kappa shape index (κ2) is 35.9. The van der Waals surface area contributed by atoms with Crippen LogP contribution in [0, 0.1) is 0 Å². The number of hydrogen-bond donors (Lipinski definition) is 0. The Kier molecular flexibility index (Phi) is 25.2. The summed E-state index contributed by atoms with van der Waals surface area (Å²) < 4.78 is 114. The van der Waals surface area contributed by atoms with Crippen molar-refractivity contribution in [1.29, 1.82) is 0 Å². The molecular formula is C82H86O16. The molecule has 98 heavy (non-hydrogen) atoms. The molecule has 0 radical (unpaired) electrons. The summed E-state index contributed by atoms with van der Waals surface area (Å²) >= 11 is 0. The summed E-state index contributed by atoms with van der Waals surface area (Å²) in [5, 5.41) is 0. The highest BCUT2D eigenvalue weighted by atomic mass is 16.8. The van der Waals surface area contributed by atoms with Crippen molar-refractivity contribution in [2.75, 3.05) is 26.9 Å². The lowest BCUT2D eigenvalue weighted by Crippen LogP contribution is -2.69. The van der Waals surface area contributed by atoms with E-state index in [1.807, 2.05) is 273 Å². The molecule has 16 heteroatoms. The van der Waals surface area contributed by atoms with Crippen molar-refractivity contribution >= 4 is 0 Å². The van der Waals surface area contributed by atoms with Gasteiger partial charge >= 0.3 is 0 Å². The molecule has 0 unspecified atom stereocenters. The van der Waals surface area contributed by atoms with E-state index in [0.29, 0.717) is 13.2 Å². The number of rotatable bonds is 32. The molecule has 13 rings (SSSR count). The van der Waals surface area contributed by atoms with Gasteiger partial charge in [0.25, 0.3) is 0 Å². The fraction of sp³-hybridized carbons (Fsp3) is 0.341. The van der Waals surface area contributed by atoms with E-state index in [1.165, 1.54) is 0 Å². The third-order valence-electron chi connectivity index (χ3n) is 17.9. The summed E-state index contributed by atoms with van der Waals surface area (Å²) in [6.07, 6.45) is -15.3. The predicted molar refractivity (Wildman–Crippen MR) is 365 cm³/mol. The van der Waals surface area contributed by atoms with Crippen molar-refractivity contribution in [3.8, 4) is 0 Å². The fourth-order valence-corrected chi connectivity index (χ4v) is 12.8. The molecule has 4 heterocycles. The molecule has 0 bridgehead atoms. The molecular weight excluding hydrogens is 1240 g/mol. The smallest absolute Gasteiger partial charge is 0.187 e. The monoisotopic (exact) mass is 1330 g/mol. The zero-order valence-corrected chi connectivity index (χ0v) is 55.0. The first-order valence-corrected chi connectivity index (χ1v) is 33.8. The highest BCUT2D eigenvalue weighted by molar-refractivity contribution is 5.21. The molecule has 0 saturated carbocycles. The first kappa shape index (κ1) is 68.8. The molecule has 0 N–H and O–H groups in total. The van der Waals surface area contributed by atoms with Crippen molar-refractivity contribution in [2.24, 2.45) is 0 Å². The van der Waals surface area contributed by atoms with Crippen LogP contribution in [0.1, 0.15) is 56.4 Å². The van der Waals surface area contributed by atoms with Gasteiger partial charge < -0.3 is 75.8 Å². The van der Waals surface area contributed by atoms with Gasteiger partial charge in [0.05, 0.1) is 72.7 Å². The zero-order chi connectivity index (χ0) is 66.3. The van der Waals surface area contributed by atoms with Gasteiger partial charge in [-0.3, -0.25) is 0 Å². The third kappa shape index (κ3) is 18.8. The Morgan fingerprint density at radius 1 is 0.286 bits per heavy atom. The SMILES string of the molecule is CO[C@H]1O[C@@H]2CO[C@@H](c3ccccc3)O[C@H]2[C@H](O[C@H]2O[C@H](COCc3ccccc3)[C@@H](OCc3ccccc3)[C@H](OCc3ccccc3)[C@H]2OCc2ccccc2)[C@H]1O[C@H]1O[C@H](COCc2ccccc2)[C@@H](OCc2ccccc2)[C@H](OCc2ccccc2)[C@H]1OCc1ccccc1. The van der Waals surface area contributed by atoms with Crippen LogP contribution in [0.25, 0.3) is 0 Å². The third-order valence-corrected chi connectivity index (χ3v) is 17.9. The van der Waals surface area contributed by atoms with Crippen LogP contribution < -0.4 is 0 Å². The van der Waals surface area contributed by atoms with Gasteiger partial charge in [-0.1, -0.05) is 273 Å². The maximum atomic E-state index is 7.83. The zero-order valence-electron chi connectivity index (χ0n) is 55.0. The summed E-state index contributed by atoms with van der Waals surface area (Å²) in [6, 6.07) is 90.0. The van der Waals surface area contributed by atoms with Crippen molar-refractivity contribution in [3.05, 3.63) is 323 Å². The van der Waals surface area contributed by atoms with E-state index in [1.54, 1.807) is 7.11 Å². The minimum absolute atomic E-state index is 0.0749. The highest BCUT2D eigenvalue weighted by Gasteiger charge is 2.59. The van der Waals surface area contributed by atoms with Gasteiger partial charge in [0, 0.05) is 12.7 Å². The number of hydrogen-bond acceptors (Lipinski definition) is 16. The molecule has 9 aromatic rings. The Morgan fingerprint density at radius 2 is 0.582 bits per heavy atom. The molecule has 16 atom stereocenters. The molecule has 0 spiro atoms. The molecule has 16 nitrogen and oxygen atoms in total. The predicted octanol–water partition coefficient (Wildman–Crippen LogP) is 13.6. The van der Waals surface area contributed by atoms with E-state index in [0.717, 1.165) is 50.1 Å². The van der Waals surface area contributed by atoms with Gasteiger partial charge in [-0.05, 0) is 44.5 Å². The molecule has 4 saturated heterocycles. The Hall–Kier alpha value is -7.66. The first-order valence-electron chi connectivity index (χ1n) is 33.8. The van der Waals surface area contributed by atoms with Crippen LogP contribution in [-0.2, 0) is 129 Å². The average molecular weight is 1330 g/mol. The van der Waals surface area contributed by atoms with Crippen molar-refractivity contribution in [2.45, 2.75) is 151 Å². The first-order chi connectivity index (χ1) is 48.5. The number of ether oxygens (including phenoxy) is 16. The van der Waals surface area contributed by atoms with E-state index in [9.17, 15) is 0 Å². The summed E-state index contributed by atoms with van der Waals surface area (Å²) in [6.45, 7) is 2.03. The Labute approximate surface area is 574 Å². The van der Waals surface area contributed by atoms with Gasteiger partial charge in [0.2, 0.25) is 0 Å². The van der Waals surface area contributed by atoms with Crippen LogP contribution >= 0.6 is 0 Å². The van der Waals surface area contributed by atoms with E-state index in [2.05, 4.69) is 0 Å². The molecule has 9 aromatic carbocycles. The van der Waals surface area contributed by atoms with Gasteiger partial charge in [-0.25, -0.2) is 0 Å². The van der Waals surface area contributed by atoms with Crippen LogP contribution in [0.4, 0.5) is 0 Å². The lowest BCUT2D eigenvalue weighted by atomic mass is 9.94. The summed E-state index contributed by atoms with van der Waals surface area (Å²) in [5.74, 6) is 0. The molecule has 510 valence electrons. The Balaban J connectivity index is 0.916. The Morgan fingerprint density at radius 3 is 0.918 bits per heavy atom. The van der Waals surface area contributed by atoms with E-state index < -0.39 is 98.4 Å². The molecule has 0 aromatic heterocycles. The minimum atomic E-state index is -1.26. The fourth-order valence-electron chi connectivity index (χ4n) is 12.8. The molecule has 0 amide bonds. The van der Waals surface area contributed by atoms with Gasteiger partial charge in [0.1, 0.15) is 73.2 Å². The summed E-state index contributed by atoms with van der Waals surface area (Å²) in [4.78, 5) is 0. The lowest BCUT2D eigenvalue weighted by molar-refractivity contribution is -0.418. The topological polar surface area (TPSA) is 148 Å². The van der Waals surface area contributed by atoms with E-state index in [4.69, 9.17) is 75.8 Å². The maximum Gasteiger partial charge on any atom is 0.187 e. The minimum Gasteiger partial charge on any atom is -0.374 e. The summed E-state index contributed by atoms with van der Waals surface area (Å²) in [7, 11) is 1.57. The molecule has 4 fully saturated rings. The maximum absolute atomic E-state index is 7.83. The molecule has 0 aliphatic carbocycles. The van der Waals surface area contributed by atoms with E-state index >= 15 is 0 Å². The van der Waals surface area contributed by atoms with Gasteiger partial charge in [-0.2, -0.15) is 0 Å². The van der Waals surface area contributed by atoms with Crippen LogP contribution in [0.15, 0.2) is 273 Å². The van der Waals surface area contributed by atoms with Crippen molar-refractivity contribution < 1.29 is 75.8 Å². The van der Waals surface area contributed by atoms with Crippen LogP contribution in [-0.4, -0.2) is 119 Å². The molecule has 4 aliphatic rings. The van der Waals surface area contributed by atoms with Crippen molar-refractivity contribution in [3.63, 3.8) is 0 Å². The van der Waals surface area contributed by atoms with Crippen LogP contribution in [0.5, 0.6) is 0 Å². The van der Waals surface area contributed by atoms with Gasteiger partial charge in [-0.15, -0.1) is 0 Å². The molecule has 4 aliphatic heterocycles. The second-order valence-electron chi connectivity index (χ2n) is 24.8. The normalized spacial score (nSPS) is 27.0. The van der Waals surface area contributed by atoms with Crippen molar-refractivity contribution in [1.82, 2.24) is 0 Å². The van der Waals surface area contributed by atoms with Crippen LogP contribution in [0.3, 0.4) is 0 Å². The number of methoxy groups -OCH3 is 1. The van der Waals surface area contributed by atoms with Crippen LogP contribution in [0.2, 0.25) is 0 Å². The standard InChI is InChI=1S/C82H86O16/c1-83-80-78(98-82-77(91-54-65-43-25-9-26-44-65)74(89-52-63-39-21-7-22-40-63)71(87-50-61-35-17-5-18-36-61)68(95-82)56-85-48-59-31-13-3-14-32-59)75(72-69(93-80)57-92-79(96-72)66-45-27-10-28-46-66)97-81-76(90-53-64-41-23-8-24-42-64)73(88-51-62-37-19-6-20-38-62)70(86-49-60-33-15-4-16-34-60)67(94-81)55-84-47-58-29-11-2-12-30-58/h2-46,67-82H,47-57H2,1H3/t67-,68-,69-,70-,71-,72-,73+,74+,75+,76-,77-,78-,79-,80+,81-,82-/m1/s1. The Bertz CT molecular complexity index is 3670. The highest BCUT2D eigenvalue weighted by Crippen LogP contribution is 2.42. The average Bonchev–Trinajstić information content (AvgIpc) is 0.756. The quantitative estimate of drug-likeness (QED) is 0.0393. The number of fused-ring (bicyclic) bond motifs is 1. The second-order valence-corrected chi connectivity index (χ2v) is 24.8. The number of benzene rings is 9. The largest absolute Gasteiger partial charge is 0.374 e. The lowest BCUT2D eigenvalue weighted by Gasteiger charge is -2.53. The van der Waals surface area contributed by atoms with E-state index in [-0.39, 0.29) is 59.5 Å². The summed E-state index contributed by atoms with van der Waals surface area (Å²) in [5.41, 5.74) is 8.42. The van der Waals surface area contributed by atoms with Gasteiger partial charge in [0.15, 0.2) is 25.2 Å².